The molecule has 1 atom stereocenters. The number of aromatic amines is 1. The maximum Gasteiger partial charge on any atom is 0.260 e. The largest absolute Gasteiger partial charge is 0.325 e. The number of thiophene rings is 1. The van der Waals surface area contributed by atoms with Crippen molar-refractivity contribution in [2.45, 2.75) is 23.8 Å². The van der Waals surface area contributed by atoms with Crippen molar-refractivity contribution in [2.75, 3.05) is 5.32 Å². The van der Waals surface area contributed by atoms with E-state index in [0.29, 0.717) is 27.5 Å². The Kier molecular flexibility index (Phi) is 4.96. The molecule has 0 bridgehead atoms. The van der Waals surface area contributed by atoms with Gasteiger partial charge in [-0.05, 0) is 42.1 Å². The summed E-state index contributed by atoms with van der Waals surface area (Å²) in [4.78, 5) is 32.1. The van der Waals surface area contributed by atoms with Crippen LogP contribution in [0.2, 0.25) is 0 Å². The first kappa shape index (κ1) is 16.7. The number of carbonyl (C=O) groups is 1. The third kappa shape index (κ3) is 3.65. The lowest BCUT2D eigenvalue weighted by Crippen LogP contribution is -2.25. The van der Waals surface area contributed by atoms with Crippen LogP contribution in [-0.2, 0) is 4.79 Å². The number of halogens is 1. The van der Waals surface area contributed by atoms with Crippen LogP contribution in [0.1, 0.15) is 13.3 Å². The van der Waals surface area contributed by atoms with Crippen LogP contribution in [-0.4, -0.2) is 21.1 Å². The third-order valence-electron chi connectivity index (χ3n) is 3.34. The summed E-state index contributed by atoms with van der Waals surface area (Å²) in [5.74, 6) is -0.580. The number of nitrogens with one attached hydrogen (secondary N) is 2. The van der Waals surface area contributed by atoms with Gasteiger partial charge < -0.3 is 10.3 Å². The highest BCUT2D eigenvalue weighted by Gasteiger charge is 2.20. The molecule has 2 heterocycles. The highest BCUT2D eigenvalue weighted by atomic mass is 32.2. The second kappa shape index (κ2) is 7.14. The average Bonchev–Trinajstić information content (AvgIpc) is 3.03. The summed E-state index contributed by atoms with van der Waals surface area (Å²) < 4.78 is 12.9. The fourth-order valence-electron chi connectivity index (χ4n) is 2.11. The summed E-state index contributed by atoms with van der Waals surface area (Å²) in [6, 6.07) is 7.30. The zero-order chi connectivity index (χ0) is 17.1. The molecular formula is C16H14FN3O2S2. The summed E-state index contributed by atoms with van der Waals surface area (Å²) in [5, 5.41) is 5.09. The van der Waals surface area contributed by atoms with Gasteiger partial charge in [0.2, 0.25) is 5.91 Å². The standard InChI is InChI=1S/C16H14FN3O2S2/c1-2-12(14(22)18-10-5-3-9(17)4-6-10)24-16-19-13(21)11-7-8-23-15(11)20-16/h3-8,12H,2H2,1H3,(H,18,22)(H,19,20,21). The number of H-pyrrole nitrogens is 1. The zero-order valence-corrected chi connectivity index (χ0v) is 14.3. The van der Waals surface area contributed by atoms with Gasteiger partial charge in [0, 0.05) is 5.69 Å². The first-order valence-electron chi connectivity index (χ1n) is 7.27. The number of anilines is 1. The van der Waals surface area contributed by atoms with Gasteiger partial charge in [0.15, 0.2) is 5.16 Å². The molecule has 0 spiro atoms. The Balaban J connectivity index is 1.76. The van der Waals surface area contributed by atoms with Crippen LogP contribution in [0.5, 0.6) is 0 Å². The summed E-state index contributed by atoms with van der Waals surface area (Å²) in [5.41, 5.74) is 0.313. The number of benzene rings is 1. The molecule has 0 radical (unpaired) electrons. The monoisotopic (exact) mass is 363 g/mol. The van der Waals surface area contributed by atoms with Crippen molar-refractivity contribution >= 4 is 44.9 Å². The minimum Gasteiger partial charge on any atom is -0.325 e. The van der Waals surface area contributed by atoms with E-state index >= 15 is 0 Å². The van der Waals surface area contributed by atoms with Crippen LogP contribution in [0.25, 0.3) is 10.2 Å². The van der Waals surface area contributed by atoms with Gasteiger partial charge in [-0.25, -0.2) is 9.37 Å². The minimum atomic E-state index is -0.421. The lowest BCUT2D eigenvalue weighted by atomic mass is 10.2. The van der Waals surface area contributed by atoms with E-state index in [1.807, 2.05) is 6.92 Å². The molecule has 3 aromatic rings. The van der Waals surface area contributed by atoms with Gasteiger partial charge in [0.05, 0.1) is 10.6 Å². The first-order valence-corrected chi connectivity index (χ1v) is 9.03. The van der Waals surface area contributed by atoms with Gasteiger partial charge in [-0.3, -0.25) is 9.59 Å². The predicted molar refractivity (Wildman–Crippen MR) is 95.2 cm³/mol. The van der Waals surface area contributed by atoms with Crippen molar-refractivity contribution in [2.24, 2.45) is 0 Å². The SMILES string of the molecule is CCC(Sc1nc2sccc2c(=O)[nH]1)C(=O)Nc1ccc(F)cc1. The van der Waals surface area contributed by atoms with Gasteiger partial charge in [-0.15, -0.1) is 11.3 Å². The normalized spacial score (nSPS) is 12.2. The highest BCUT2D eigenvalue weighted by Crippen LogP contribution is 2.25. The van der Waals surface area contributed by atoms with E-state index in [2.05, 4.69) is 15.3 Å². The first-order chi connectivity index (χ1) is 11.6. The number of aromatic nitrogens is 2. The van der Waals surface area contributed by atoms with Crippen molar-refractivity contribution in [3.8, 4) is 0 Å². The number of rotatable bonds is 5. The molecule has 24 heavy (non-hydrogen) atoms. The molecule has 0 aliphatic heterocycles. The second-order valence-electron chi connectivity index (χ2n) is 5.02. The van der Waals surface area contributed by atoms with E-state index < -0.39 is 5.25 Å². The van der Waals surface area contributed by atoms with Gasteiger partial charge in [-0.2, -0.15) is 0 Å². The number of fused-ring (bicyclic) bond motifs is 1. The fourth-order valence-corrected chi connectivity index (χ4v) is 3.83. The van der Waals surface area contributed by atoms with Crippen LogP contribution in [0, 0.1) is 5.82 Å². The molecule has 1 unspecified atom stereocenters. The minimum absolute atomic E-state index is 0.211. The van der Waals surface area contributed by atoms with Gasteiger partial charge >= 0.3 is 0 Å². The van der Waals surface area contributed by atoms with Crippen LogP contribution in [0.3, 0.4) is 0 Å². The molecular weight excluding hydrogens is 349 g/mol. The average molecular weight is 363 g/mol. The molecule has 124 valence electrons. The molecule has 0 aliphatic carbocycles. The van der Waals surface area contributed by atoms with E-state index in [0.717, 1.165) is 0 Å². The summed E-state index contributed by atoms with van der Waals surface area (Å²) >= 11 is 2.59. The highest BCUT2D eigenvalue weighted by molar-refractivity contribution is 8.00. The van der Waals surface area contributed by atoms with E-state index in [4.69, 9.17) is 0 Å². The maximum absolute atomic E-state index is 12.9. The van der Waals surface area contributed by atoms with Gasteiger partial charge in [-0.1, -0.05) is 18.7 Å². The fraction of sp³-hybridized carbons (Fsp3) is 0.188. The van der Waals surface area contributed by atoms with Crippen LogP contribution < -0.4 is 10.9 Å². The van der Waals surface area contributed by atoms with Crippen molar-refractivity contribution < 1.29 is 9.18 Å². The smallest absolute Gasteiger partial charge is 0.260 e. The van der Waals surface area contributed by atoms with Crippen molar-refractivity contribution in [1.82, 2.24) is 9.97 Å². The van der Waals surface area contributed by atoms with E-state index in [1.54, 1.807) is 11.4 Å². The van der Waals surface area contributed by atoms with E-state index in [1.165, 1.54) is 47.4 Å². The summed E-state index contributed by atoms with van der Waals surface area (Å²) in [6.07, 6.45) is 0.559. The van der Waals surface area contributed by atoms with Crippen molar-refractivity contribution in [3.05, 3.63) is 51.9 Å². The van der Waals surface area contributed by atoms with Gasteiger partial charge in [0.1, 0.15) is 10.6 Å². The Morgan fingerprint density at radius 1 is 1.38 bits per heavy atom. The number of nitrogens with zero attached hydrogens (tertiary/aromatic N) is 1. The second-order valence-corrected chi connectivity index (χ2v) is 7.11. The topological polar surface area (TPSA) is 74.8 Å². The molecule has 5 nitrogen and oxygen atoms in total. The van der Waals surface area contributed by atoms with Crippen molar-refractivity contribution in [3.63, 3.8) is 0 Å². The molecule has 0 saturated carbocycles. The molecule has 0 saturated heterocycles. The molecule has 1 amide bonds. The van der Waals surface area contributed by atoms with Crippen LogP contribution in [0.15, 0.2) is 45.7 Å². The number of carbonyl (C=O) groups excluding carboxylic acids is 1. The molecule has 8 heteroatoms. The zero-order valence-electron chi connectivity index (χ0n) is 12.7. The number of hydrogen-bond acceptors (Lipinski definition) is 5. The summed E-state index contributed by atoms with van der Waals surface area (Å²) in [7, 11) is 0. The molecule has 0 fully saturated rings. The molecule has 1 aromatic carbocycles. The predicted octanol–water partition coefficient (Wildman–Crippen LogP) is 3.63. The number of thioether (sulfide) groups is 1. The molecule has 3 rings (SSSR count). The van der Waals surface area contributed by atoms with E-state index in [9.17, 15) is 14.0 Å². The van der Waals surface area contributed by atoms with Crippen LogP contribution in [0.4, 0.5) is 10.1 Å². The number of amides is 1. The Hall–Kier alpha value is -2.19. The lowest BCUT2D eigenvalue weighted by Gasteiger charge is -2.14. The lowest BCUT2D eigenvalue weighted by molar-refractivity contribution is -0.115. The Morgan fingerprint density at radius 3 is 2.83 bits per heavy atom. The number of hydrogen-bond donors (Lipinski definition) is 2. The van der Waals surface area contributed by atoms with E-state index in [-0.39, 0.29) is 17.3 Å². The Bertz CT molecular complexity index is 921. The Labute approximate surface area is 145 Å². The maximum atomic E-state index is 12.9. The summed E-state index contributed by atoms with van der Waals surface area (Å²) in [6.45, 7) is 1.88. The Morgan fingerprint density at radius 2 is 2.12 bits per heavy atom. The molecule has 2 N–H and O–H groups in total. The third-order valence-corrected chi connectivity index (χ3v) is 5.40. The molecule has 2 aromatic heterocycles. The quantitative estimate of drug-likeness (QED) is 0.536. The van der Waals surface area contributed by atoms with Crippen molar-refractivity contribution in [1.29, 1.82) is 0 Å². The molecule has 0 aliphatic rings. The van der Waals surface area contributed by atoms with Gasteiger partial charge in [0.25, 0.3) is 5.56 Å². The van der Waals surface area contributed by atoms with Crippen LogP contribution >= 0.6 is 23.1 Å².